The van der Waals surface area contributed by atoms with Crippen LogP contribution in [0.15, 0.2) is 54.6 Å². The van der Waals surface area contributed by atoms with Crippen molar-refractivity contribution in [2.24, 2.45) is 0 Å². The second-order valence-corrected chi connectivity index (χ2v) is 8.53. The summed E-state index contributed by atoms with van der Waals surface area (Å²) >= 11 is 0. The van der Waals surface area contributed by atoms with Gasteiger partial charge in [0, 0.05) is 39.4 Å². The summed E-state index contributed by atoms with van der Waals surface area (Å²) in [6.07, 6.45) is 0.387. The summed E-state index contributed by atoms with van der Waals surface area (Å²) in [4.78, 5) is 56.7. The van der Waals surface area contributed by atoms with Gasteiger partial charge in [0.1, 0.15) is 0 Å². The summed E-state index contributed by atoms with van der Waals surface area (Å²) in [6, 6.07) is 16.2. The lowest BCUT2D eigenvalue weighted by atomic mass is 9.94. The van der Waals surface area contributed by atoms with Crippen LogP contribution in [0, 0.1) is 0 Å². The highest BCUT2D eigenvalue weighted by Crippen LogP contribution is 2.45. The summed E-state index contributed by atoms with van der Waals surface area (Å²) in [5, 5.41) is 3.00. The van der Waals surface area contributed by atoms with Gasteiger partial charge in [-0.2, -0.15) is 0 Å². The number of hydrogen-bond donors (Lipinski definition) is 1. The van der Waals surface area contributed by atoms with Gasteiger partial charge in [-0.1, -0.05) is 42.5 Å². The Hall–Kier alpha value is -3.68. The van der Waals surface area contributed by atoms with Crippen LogP contribution in [-0.4, -0.2) is 58.2 Å². The Labute approximate surface area is 185 Å². The number of amides is 4. The molecule has 32 heavy (non-hydrogen) atoms. The van der Waals surface area contributed by atoms with E-state index in [-0.39, 0.29) is 49.1 Å². The van der Waals surface area contributed by atoms with Gasteiger partial charge < -0.3 is 15.1 Å². The number of nitrogens with one attached hydrogen (secondary N) is 1. The molecule has 2 fully saturated rings. The molecule has 8 heteroatoms. The number of fused-ring (bicyclic) bond motifs is 3. The first-order valence-corrected chi connectivity index (χ1v) is 10.8. The molecule has 1 atom stereocenters. The second kappa shape index (κ2) is 7.47. The maximum absolute atomic E-state index is 13.8. The molecule has 2 saturated heterocycles. The third-order valence-electron chi connectivity index (χ3n) is 6.58. The smallest absolute Gasteiger partial charge is 0.267 e. The maximum Gasteiger partial charge on any atom is 0.267 e. The minimum Gasteiger partial charge on any atom is -0.346 e. The van der Waals surface area contributed by atoms with E-state index >= 15 is 0 Å². The Bertz CT molecular complexity index is 1110. The molecule has 2 aromatic rings. The number of carbonyl (C=O) groups excluding carboxylic acids is 4. The quantitative estimate of drug-likeness (QED) is 0.793. The average molecular weight is 432 g/mol. The number of likely N-dealkylation sites (tertiary alicyclic amines) is 1. The van der Waals surface area contributed by atoms with E-state index in [0.29, 0.717) is 24.3 Å². The zero-order valence-corrected chi connectivity index (χ0v) is 17.8. The summed E-state index contributed by atoms with van der Waals surface area (Å²) in [7, 11) is 0. The summed E-state index contributed by atoms with van der Waals surface area (Å²) in [6.45, 7) is 2.55. The van der Waals surface area contributed by atoms with E-state index in [1.54, 1.807) is 29.2 Å². The molecular weight excluding hydrogens is 408 g/mol. The van der Waals surface area contributed by atoms with Crippen LogP contribution in [0.1, 0.15) is 35.7 Å². The van der Waals surface area contributed by atoms with Crippen molar-refractivity contribution in [1.29, 1.82) is 0 Å². The van der Waals surface area contributed by atoms with Crippen LogP contribution in [0.3, 0.4) is 0 Å². The van der Waals surface area contributed by atoms with E-state index < -0.39 is 5.66 Å². The predicted octanol–water partition coefficient (Wildman–Crippen LogP) is 1.51. The minimum atomic E-state index is -1.44. The largest absolute Gasteiger partial charge is 0.346 e. The highest BCUT2D eigenvalue weighted by Gasteiger charge is 2.61. The molecular formula is C24H24N4O4. The zero-order chi connectivity index (χ0) is 22.5. The summed E-state index contributed by atoms with van der Waals surface area (Å²) in [5.41, 5.74) is 0.319. The number of anilines is 1. The minimum absolute atomic E-state index is 0.0428. The molecule has 0 radical (unpaired) electrons. The number of para-hydroxylation sites is 1. The Kier molecular flexibility index (Phi) is 4.73. The monoisotopic (exact) mass is 432 g/mol. The van der Waals surface area contributed by atoms with Crippen LogP contribution in [0.2, 0.25) is 0 Å². The molecule has 0 aromatic heterocycles. The molecule has 1 N–H and O–H groups in total. The molecule has 0 saturated carbocycles. The molecule has 4 amide bonds. The molecule has 0 aliphatic carbocycles. The lowest BCUT2D eigenvalue weighted by molar-refractivity contribution is -0.140. The lowest BCUT2D eigenvalue weighted by Gasteiger charge is -2.50. The van der Waals surface area contributed by atoms with E-state index in [0.717, 1.165) is 5.56 Å². The third kappa shape index (κ3) is 2.97. The van der Waals surface area contributed by atoms with Crippen molar-refractivity contribution in [3.8, 4) is 0 Å². The van der Waals surface area contributed by atoms with Crippen LogP contribution in [0.5, 0.6) is 0 Å². The molecule has 8 nitrogen and oxygen atoms in total. The highest BCUT2D eigenvalue weighted by molar-refractivity contribution is 6.16. The van der Waals surface area contributed by atoms with Crippen molar-refractivity contribution in [3.05, 3.63) is 65.7 Å². The Morgan fingerprint density at radius 3 is 2.44 bits per heavy atom. The van der Waals surface area contributed by atoms with Crippen LogP contribution in [0.4, 0.5) is 5.69 Å². The second-order valence-electron chi connectivity index (χ2n) is 8.53. The average Bonchev–Trinajstić information content (AvgIpc) is 3.12. The van der Waals surface area contributed by atoms with E-state index in [9.17, 15) is 19.2 Å². The van der Waals surface area contributed by atoms with E-state index in [1.807, 2.05) is 30.3 Å². The molecule has 3 aliphatic heterocycles. The molecule has 0 bridgehead atoms. The molecule has 2 aromatic carbocycles. The van der Waals surface area contributed by atoms with E-state index in [4.69, 9.17) is 0 Å². The first kappa shape index (κ1) is 20.2. The molecule has 3 aliphatic rings. The van der Waals surface area contributed by atoms with Gasteiger partial charge in [0.2, 0.25) is 17.5 Å². The molecule has 1 unspecified atom stereocenters. The van der Waals surface area contributed by atoms with Crippen molar-refractivity contribution in [1.82, 2.24) is 15.1 Å². The van der Waals surface area contributed by atoms with Crippen molar-refractivity contribution in [3.63, 3.8) is 0 Å². The fraction of sp³-hybridized carbons (Fsp3) is 0.333. The summed E-state index contributed by atoms with van der Waals surface area (Å²) < 4.78 is 0. The van der Waals surface area contributed by atoms with Gasteiger partial charge in [-0.3, -0.25) is 24.1 Å². The molecule has 0 spiro atoms. The standard InChI is InChI=1S/C24H24N4O4/c1-16(29)26-14-18(15-26)25-23(32)24-12-11-21(30)28(24)20-10-6-5-9-19(20)22(31)27(24)13-17-7-3-2-4-8-17/h2-10,18H,11-15H2,1H3,(H,25,32). The van der Waals surface area contributed by atoms with Gasteiger partial charge in [-0.05, 0) is 17.7 Å². The van der Waals surface area contributed by atoms with Crippen LogP contribution >= 0.6 is 0 Å². The third-order valence-corrected chi connectivity index (χ3v) is 6.58. The zero-order valence-electron chi connectivity index (χ0n) is 17.8. The first-order chi connectivity index (χ1) is 15.4. The van der Waals surface area contributed by atoms with E-state index in [2.05, 4.69) is 5.32 Å². The lowest BCUT2D eigenvalue weighted by Crippen LogP contribution is -2.73. The number of nitrogens with zero attached hydrogens (tertiary/aromatic N) is 3. The van der Waals surface area contributed by atoms with Crippen molar-refractivity contribution in [2.75, 3.05) is 18.0 Å². The number of rotatable bonds is 4. The molecule has 3 heterocycles. The van der Waals surface area contributed by atoms with Gasteiger partial charge in [0.15, 0.2) is 0 Å². The van der Waals surface area contributed by atoms with Gasteiger partial charge in [-0.15, -0.1) is 0 Å². The van der Waals surface area contributed by atoms with Crippen LogP contribution < -0.4 is 10.2 Å². The fourth-order valence-electron chi connectivity index (χ4n) is 4.90. The van der Waals surface area contributed by atoms with Crippen LogP contribution in [-0.2, 0) is 20.9 Å². The van der Waals surface area contributed by atoms with Crippen molar-refractivity contribution >= 4 is 29.3 Å². The Morgan fingerprint density at radius 1 is 1.03 bits per heavy atom. The normalized spacial score (nSPS) is 22.3. The fourth-order valence-corrected chi connectivity index (χ4v) is 4.90. The SMILES string of the molecule is CC(=O)N1CC(NC(=O)C23CCC(=O)N2c2ccccc2C(=O)N3Cc2ccccc2)C1. The number of benzene rings is 2. The topological polar surface area (TPSA) is 90.0 Å². The van der Waals surface area contributed by atoms with Gasteiger partial charge in [0.25, 0.3) is 11.8 Å². The van der Waals surface area contributed by atoms with Crippen molar-refractivity contribution in [2.45, 2.75) is 38.0 Å². The van der Waals surface area contributed by atoms with Gasteiger partial charge in [-0.25, -0.2) is 0 Å². The number of hydrogen-bond acceptors (Lipinski definition) is 4. The van der Waals surface area contributed by atoms with Gasteiger partial charge >= 0.3 is 0 Å². The number of carbonyl (C=O) groups is 4. The maximum atomic E-state index is 13.8. The predicted molar refractivity (Wildman–Crippen MR) is 116 cm³/mol. The van der Waals surface area contributed by atoms with Crippen LogP contribution in [0.25, 0.3) is 0 Å². The highest BCUT2D eigenvalue weighted by atomic mass is 16.2. The molecule has 164 valence electrons. The van der Waals surface area contributed by atoms with Crippen molar-refractivity contribution < 1.29 is 19.2 Å². The first-order valence-electron chi connectivity index (χ1n) is 10.8. The summed E-state index contributed by atoms with van der Waals surface area (Å²) in [5.74, 6) is -0.879. The van der Waals surface area contributed by atoms with Gasteiger partial charge in [0.05, 0.1) is 17.3 Å². The Morgan fingerprint density at radius 2 is 1.72 bits per heavy atom. The molecule has 5 rings (SSSR count). The Balaban J connectivity index is 1.55. The van der Waals surface area contributed by atoms with E-state index in [1.165, 1.54) is 16.7 Å².